The Morgan fingerprint density at radius 1 is 0.960 bits per heavy atom. The topological polar surface area (TPSA) is 39.2 Å². The molecule has 2 aromatic carbocycles. The van der Waals surface area contributed by atoms with Gasteiger partial charge in [-0.3, -0.25) is 0 Å². The molecule has 0 aliphatic rings. The van der Waals surface area contributed by atoms with Gasteiger partial charge < -0.3 is 4.74 Å². The maximum absolute atomic E-state index is 11.5. The molecule has 0 aliphatic carbocycles. The van der Waals surface area contributed by atoms with Crippen molar-refractivity contribution in [2.75, 3.05) is 7.11 Å². The number of aromatic nitrogens is 1. The van der Waals surface area contributed by atoms with E-state index in [9.17, 15) is 4.79 Å². The van der Waals surface area contributed by atoms with E-state index in [1.54, 1.807) is 23.5 Å². The van der Waals surface area contributed by atoms with E-state index in [1.165, 1.54) is 12.7 Å². The Hall–Kier alpha value is -2.46. The first-order valence-electron chi connectivity index (χ1n) is 8.13. The van der Waals surface area contributed by atoms with Crippen LogP contribution in [0.4, 0.5) is 0 Å². The molecule has 1 heterocycles. The molecule has 0 saturated heterocycles. The third kappa shape index (κ3) is 3.80. The maximum Gasteiger partial charge on any atom is 0.337 e. The number of esters is 1. The molecule has 0 N–H and O–H groups in total. The van der Waals surface area contributed by atoms with Crippen LogP contribution < -0.4 is 0 Å². The molecule has 0 unspecified atom stereocenters. The summed E-state index contributed by atoms with van der Waals surface area (Å²) >= 11 is 1.60. The van der Waals surface area contributed by atoms with Crippen LogP contribution in [-0.2, 0) is 10.2 Å². The van der Waals surface area contributed by atoms with Gasteiger partial charge >= 0.3 is 5.97 Å². The van der Waals surface area contributed by atoms with Gasteiger partial charge in [0.2, 0.25) is 0 Å². The fourth-order valence-corrected chi connectivity index (χ4v) is 3.38. The molecule has 0 radical (unpaired) electrons. The number of thiazole rings is 1. The lowest BCUT2D eigenvalue weighted by Crippen LogP contribution is -2.10. The Morgan fingerprint density at radius 2 is 1.56 bits per heavy atom. The lowest BCUT2D eigenvalue weighted by atomic mass is 9.86. The molecule has 0 saturated carbocycles. The van der Waals surface area contributed by atoms with Crippen molar-refractivity contribution in [1.29, 1.82) is 0 Å². The molecule has 3 aromatic rings. The van der Waals surface area contributed by atoms with Gasteiger partial charge in [0, 0.05) is 16.5 Å². The number of nitrogens with zero attached hydrogens (tertiary/aromatic N) is 1. The van der Waals surface area contributed by atoms with Gasteiger partial charge in [0.05, 0.1) is 18.4 Å². The van der Waals surface area contributed by atoms with Crippen molar-refractivity contribution in [2.45, 2.75) is 26.2 Å². The lowest BCUT2D eigenvalue weighted by molar-refractivity contribution is 0.0601. The van der Waals surface area contributed by atoms with E-state index in [0.29, 0.717) is 5.56 Å². The minimum atomic E-state index is -0.328. The van der Waals surface area contributed by atoms with Gasteiger partial charge in [0.1, 0.15) is 5.01 Å². The summed E-state index contributed by atoms with van der Waals surface area (Å²) in [6.45, 7) is 6.63. The van der Waals surface area contributed by atoms with Crippen molar-refractivity contribution in [3.8, 4) is 21.8 Å². The zero-order chi connectivity index (χ0) is 18.0. The predicted octanol–water partition coefficient (Wildman–Crippen LogP) is 5.56. The Labute approximate surface area is 152 Å². The van der Waals surface area contributed by atoms with Crippen LogP contribution in [-0.4, -0.2) is 18.1 Å². The predicted molar refractivity (Wildman–Crippen MR) is 103 cm³/mol. The maximum atomic E-state index is 11.5. The monoisotopic (exact) mass is 351 g/mol. The SMILES string of the molecule is COC(=O)c1ccc(-c2nc(-c3ccc(C(C)(C)C)cc3)cs2)cc1. The summed E-state index contributed by atoms with van der Waals surface area (Å²) in [7, 11) is 1.38. The molecule has 0 aliphatic heterocycles. The van der Waals surface area contributed by atoms with Crippen molar-refractivity contribution >= 4 is 17.3 Å². The van der Waals surface area contributed by atoms with Crippen molar-refractivity contribution < 1.29 is 9.53 Å². The molecule has 128 valence electrons. The van der Waals surface area contributed by atoms with Gasteiger partial charge in [-0.1, -0.05) is 57.2 Å². The van der Waals surface area contributed by atoms with Gasteiger partial charge in [-0.2, -0.15) is 0 Å². The van der Waals surface area contributed by atoms with Crippen LogP contribution >= 0.6 is 11.3 Å². The second-order valence-corrected chi connectivity index (χ2v) is 7.79. The summed E-state index contributed by atoms with van der Waals surface area (Å²) < 4.78 is 4.73. The highest BCUT2D eigenvalue weighted by molar-refractivity contribution is 7.13. The van der Waals surface area contributed by atoms with E-state index >= 15 is 0 Å². The minimum Gasteiger partial charge on any atom is -0.465 e. The normalized spacial score (nSPS) is 11.4. The zero-order valence-electron chi connectivity index (χ0n) is 14.9. The summed E-state index contributed by atoms with van der Waals surface area (Å²) in [6.07, 6.45) is 0. The quantitative estimate of drug-likeness (QED) is 0.580. The third-order valence-electron chi connectivity index (χ3n) is 4.10. The number of carbonyl (C=O) groups excluding carboxylic acids is 1. The molecule has 0 atom stereocenters. The highest BCUT2D eigenvalue weighted by atomic mass is 32.1. The number of ether oxygens (including phenoxy) is 1. The molecule has 0 bridgehead atoms. The molecule has 1 aromatic heterocycles. The van der Waals surface area contributed by atoms with Crippen molar-refractivity contribution in [2.24, 2.45) is 0 Å². The van der Waals surface area contributed by atoms with Gasteiger partial charge in [0.15, 0.2) is 0 Å². The average Bonchev–Trinajstić information content (AvgIpc) is 3.10. The number of hydrogen-bond donors (Lipinski definition) is 0. The standard InChI is InChI=1S/C21H21NO2S/c1-21(2,3)17-11-9-14(10-12-17)18-13-25-19(22-18)15-5-7-16(8-6-15)20(23)24-4/h5-13H,1-4H3. The molecule has 25 heavy (non-hydrogen) atoms. The van der Waals surface area contributed by atoms with Crippen LogP contribution in [0.25, 0.3) is 21.8 Å². The fraction of sp³-hybridized carbons (Fsp3) is 0.238. The Morgan fingerprint density at radius 3 is 2.12 bits per heavy atom. The summed E-state index contributed by atoms with van der Waals surface area (Å²) in [5.74, 6) is -0.328. The Bertz CT molecular complexity index is 872. The average molecular weight is 351 g/mol. The number of benzene rings is 2. The molecule has 4 heteroatoms. The minimum absolute atomic E-state index is 0.146. The summed E-state index contributed by atoms with van der Waals surface area (Å²) in [5.41, 5.74) is 5.08. The van der Waals surface area contributed by atoms with Crippen LogP contribution in [0.1, 0.15) is 36.7 Å². The number of rotatable bonds is 3. The molecular formula is C21H21NO2S. The highest BCUT2D eigenvalue weighted by Crippen LogP contribution is 2.30. The van der Waals surface area contributed by atoms with Gasteiger partial charge in [-0.05, 0) is 23.1 Å². The smallest absolute Gasteiger partial charge is 0.337 e. The fourth-order valence-electron chi connectivity index (χ4n) is 2.55. The zero-order valence-corrected chi connectivity index (χ0v) is 15.7. The first-order valence-corrected chi connectivity index (χ1v) is 9.01. The van der Waals surface area contributed by atoms with Crippen LogP contribution in [0.3, 0.4) is 0 Å². The number of carbonyl (C=O) groups is 1. The van der Waals surface area contributed by atoms with E-state index in [0.717, 1.165) is 21.8 Å². The Balaban J connectivity index is 1.84. The van der Waals surface area contributed by atoms with Gasteiger partial charge in [0.25, 0.3) is 0 Å². The van der Waals surface area contributed by atoms with Gasteiger partial charge in [-0.15, -0.1) is 11.3 Å². The first-order chi connectivity index (χ1) is 11.9. The molecule has 3 nitrogen and oxygen atoms in total. The summed E-state index contributed by atoms with van der Waals surface area (Å²) in [6, 6.07) is 15.9. The summed E-state index contributed by atoms with van der Waals surface area (Å²) in [4.78, 5) is 16.3. The van der Waals surface area contributed by atoms with E-state index in [2.05, 4.69) is 50.4 Å². The van der Waals surface area contributed by atoms with E-state index in [1.807, 2.05) is 12.1 Å². The number of hydrogen-bond acceptors (Lipinski definition) is 4. The first kappa shape index (κ1) is 17.4. The van der Waals surface area contributed by atoms with Crippen molar-refractivity contribution in [3.05, 3.63) is 65.0 Å². The molecule has 3 rings (SSSR count). The van der Waals surface area contributed by atoms with Crippen LogP contribution in [0, 0.1) is 0 Å². The van der Waals surface area contributed by atoms with Crippen LogP contribution in [0.2, 0.25) is 0 Å². The van der Waals surface area contributed by atoms with Crippen molar-refractivity contribution in [1.82, 2.24) is 4.98 Å². The largest absolute Gasteiger partial charge is 0.465 e. The van der Waals surface area contributed by atoms with Gasteiger partial charge in [-0.25, -0.2) is 9.78 Å². The number of methoxy groups -OCH3 is 1. The molecule has 0 amide bonds. The Kier molecular flexibility index (Phi) is 4.73. The molecular weight excluding hydrogens is 330 g/mol. The third-order valence-corrected chi connectivity index (χ3v) is 5.00. The van der Waals surface area contributed by atoms with Crippen molar-refractivity contribution in [3.63, 3.8) is 0 Å². The highest BCUT2D eigenvalue weighted by Gasteiger charge is 2.14. The lowest BCUT2D eigenvalue weighted by Gasteiger charge is -2.18. The van der Waals surface area contributed by atoms with E-state index in [-0.39, 0.29) is 11.4 Å². The molecule has 0 spiro atoms. The summed E-state index contributed by atoms with van der Waals surface area (Å²) in [5, 5.41) is 3.00. The second-order valence-electron chi connectivity index (χ2n) is 6.93. The second kappa shape index (κ2) is 6.81. The van der Waals surface area contributed by atoms with E-state index < -0.39 is 0 Å². The molecule has 0 fully saturated rings. The van der Waals surface area contributed by atoms with E-state index in [4.69, 9.17) is 9.72 Å². The van der Waals surface area contributed by atoms with Crippen LogP contribution in [0.5, 0.6) is 0 Å². The van der Waals surface area contributed by atoms with Crippen LogP contribution in [0.15, 0.2) is 53.9 Å².